The van der Waals surface area contributed by atoms with Gasteiger partial charge < -0.3 is 34.5 Å². The van der Waals surface area contributed by atoms with Gasteiger partial charge in [0.25, 0.3) is 0 Å². The summed E-state index contributed by atoms with van der Waals surface area (Å²) >= 11 is 0. The maximum absolute atomic E-state index is 9.04. The summed E-state index contributed by atoms with van der Waals surface area (Å²) in [4.78, 5) is 18.0. The van der Waals surface area contributed by atoms with E-state index in [2.05, 4.69) is 5.32 Å². The third kappa shape index (κ3) is 7.75. The van der Waals surface area contributed by atoms with Crippen molar-refractivity contribution in [2.45, 2.75) is 12.4 Å². The summed E-state index contributed by atoms with van der Waals surface area (Å²) in [5.74, 6) is -3.09. The third-order valence-electron chi connectivity index (χ3n) is 3.76. The van der Waals surface area contributed by atoms with Crippen LogP contribution in [0.15, 0.2) is 60.7 Å². The minimum absolute atomic E-state index is 0.141. The molecule has 0 bridgehead atoms. The van der Waals surface area contributed by atoms with E-state index in [4.69, 9.17) is 34.0 Å². The molecule has 3 N–H and O–H groups in total. The van der Waals surface area contributed by atoms with Gasteiger partial charge in [-0.2, -0.15) is 0 Å². The SMILES string of the molecule is O=C([O-])C(=O)O.c1ccc(OCC[NH2+]C[C@H]2CO[C@H](c3ccccc3)O2)cc1. The summed E-state index contributed by atoms with van der Waals surface area (Å²) < 4.78 is 17.3. The van der Waals surface area contributed by atoms with Gasteiger partial charge in [0.05, 0.1) is 6.61 Å². The van der Waals surface area contributed by atoms with E-state index in [0.717, 1.165) is 24.4 Å². The van der Waals surface area contributed by atoms with Crippen LogP contribution in [-0.2, 0) is 19.1 Å². The third-order valence-corrected chi connectivity index (χ3v) is 3.76. The Labute approximate surface area is 162 Å². The first-order valence-corrected chi connectivity index (χ1v) is 8.82. The number of nitrogens with two attached hydrogens (primary N) is 1. The largest absolute Gasteiger partial charge is 0.539 e. The highest BCUT2D eigenvalue weighted by atomic mass is 16.7. The molecule has 0 amide bonds. The van der Waals surface area contributed by atoms with Gasteiger partial charge in [-0.25, -0.2) is 4.79 Å². The summed E-state index contributed by atoms with van der Waals surface area (Å²) in [7, 11) is 0. The number of carbonyl (C=O) groups is 2. The lowest BCUT2D eigenvalue weighted by molar-refractivity contribution is -0.661. The van der Waals surface area contributed by atoms with E-state index in [-0.39, 0.29) is 12.4 Å². The predicted octanol–water partition coefficient (Wildman–Crippen LogP) is -0.436. The number of quaternary nitrogens is 1. The van der Waals surface area contributed by atoms with Crippen LogP contribution in [0.4, 0.5) is 0 Å². The zero-order valence-electron chi connectivity index (χ0n) is 15.2. The van der Waals surface area contributed by atoms with Crippen LogP contribution in [0.2, 0.25) is 0 Å². The van der Waals surface area contributed by atoms with Crippen molar-refractivity contribution in [3.8, 4) is 5.75 Å². The van der Waals surface area contributed by atoms with Gasteiger partial charge in [0, 0.05) is 5.56 Å². The average Bonchev–Trinajstić information content (AvgIpc) is 3.18. The topological polar surface area (TPSA) is 122 Å². The average molecular weight is 389 g/mol. The minimum Gasteiger partial charge on any atom is -0.539 e. The number of carboxylic acid groups (broad SMARTS) is 2. The molecule has 1 heterocycles. The number of hydrogen-bond donors (Lipinski definition) is 2. The fraction of sp³-hybridized carbons (Fsp3) is 0.300. The summed E-state index contributed by atoms with van der Waals surface area (Å²) in [5, 5.41) is 18.5. The first-order chi connectivity index (χ1) is 13.6. The van der Waals surface area contributed by atoms with Crippen LogP contribution in [-0.4, -0.2) is 49.5 Å². The van der Waals surface area contributed by atoms with Gasteiger partial charge in [0.15, 0.2) is 12.3 Å². The van der Waals surface area contributed by atoms with E-state index in [1.165, 1.54) is 0 Å². The second kappa shape index (κ2) is 11.7. The van der Waals surface area contributed by atoms with Crippen LogP contribution in [0.5, 0.6) is 5.75 Å². The van der Waals surface area contributed by atoms with Gasteiger partial charge in [0.2, 0.25) is 0 Å². The molecule has 2 aromatic rings. The molecule has 1 aliphatic rings. The lowest BCUT2D eigenvalue weighted by atomic mass is 10.2. The van der Waals surface area contributed by atoms with E-state index in [1.807, 2.05) is 60.7 Å². The lowest BCUT2D eigenvalue weighted by Gasteiger charge is -2.11. The Hall–Kier alpha value is -2.94. The number of aliphatic carboxylic acids is 2. The highest BCUT2D eigenvalue weighted by Gasteiger charge is 2.28. The number of rotatable bonds is 7. The van der Waals surface area contributed by atoms with Crippen molar-refractivity contribution < 1.29 is 39.3 Å². The van der Waals surface area contributed by atoms with Crippen molar-refractivity contribution in [2.75, 3.05) is 26.3 Å². The van der Waals surface area contributed by atoms with Gasteiger partial charge in [-0.05, 0) is 12.1 Å². The van der Waals surface area contributed by atoms with Crippen LogP contribution in [0.25, 0.3) is 0 Å². The Morgan fingerprint density at radius 3 is 2.32 bits per heavy atom. The van der Waals surface area contributed by atoms with E-state index in [0.29, 0.717) is 13.2 Å². The molecular formula is C20H23NO7. The van der Waals surface area contributed by atoms with Crippen LogP contribution < -0.4 is 15.2 Å². The minimum atomic E-state index is -2.07. The molecule has 8 heteroatoms. The highest BCUT2D eigenvalue weighted by Crippen LogP contribution is 2.25. The predicted molar refractivity (Wildman–Crippen MR) is 96.2 cm³/mol. The quantitative estimate of drug-likeness (QED) is 0.486. The smallest absolute Gasteiger partial charge is 0.351 e. The summed E-state index contributed by atoms with van der Waals surface area (Å²) in [6.07, 6.45) is -0.0814. The number of carbonyl (C=O) groups excluding carboxylic acids is 1. The van der Waals surface area contributed by atoms with Crippen LogP contribution in [0.1, 0.15) is 11.9 Å². The Kier molecular flexibility index (Phi) is 8.93. The monoisotopic (exact) mass is 389 g/mol. The van der Waals surface area contributed by atoms with Gasteiger partial charge in [-0.1, -0.05) is 48.5 Å². The van der Waals surface area contributed by atoms with Crippen molar-refractivity contribution in [3.63, 3.8) is 0 Å². The molecular weight excluding hydrogens is 366 g/mol. The summed E-state index contributed by atoms with van der Waals surface area (Å²) in [6.45, 7) is 3.14. The first kappa shape index (κ1) is 21.4. The molecule has 0 radical (unpaired) electrons. The van der Waals surface area contributed by atoms with Crippen LogP contribution in [0.3, 0.4) is 0 Å². The number of benzene rings is 2. The van der Waals surface area contributed by atoms with E-state index in [1.54, 1.807) is 0 Å². The number of para-hydroxylation sites is 1. The van der Waals surface area contributed by atoms with Gasteiger partial charge >= 0.3 is 5.97 Å². The molecule has 0 spiro atoms. The number of carboxylic acids is 2. The molecule has 2 atom stereocenters. The maximum Gasteiger partial charge on any atom is 0.351 e. The Bertz CT molecular complexity index is 712. The molecule has 1 saturated heterocycles. The zero-order chi connectivity index (χ0) is 20.2. The normalized spacial score (nSPS) is 18.0. The Balaban J connectivity index is 0.000000409. The van der Waals surface area contributed by atoms with Crippen molar-refractivity contribution in [2.24, 2.45) is 0 Å². The molecule has 0 aliphatic carbocycles. The number of ether oxygens (including phenoxy) is 3. The zero-order valence-corrected chi connectivity index (χ0v) is 15.2. The fourth-order valence-electron chi connectivity index (χ4n) is 2.44. The standard InChI is InChI=1S/C18H21NO3.C2H2O4/c1-3-7-15(8-4-1)18-21-14-17(22-18)13-19-11-12-20-16-9-5-2-6-10-16;3-1(4)2(5)6/h1-10,17-19H,11-14H2;(H,3,4)(H,5,6)/t17-,18-;/m0./s1. The molecule has 0 unspecified atom stereocenters. The van der Waals surface area contributed by atoms with Crippen molar-refractivity contribution in [1.29, 1.82) is 0 Å². The van der Waals surface area contributed by atoms with Crippen molar-refractivity contribution >= 4 is 11.9 Å². The summed E-state index contributed by atoms with van der Waals surface area (Å²) in [5.41, 5.74) is 1.08. The second-order valence-electron chi connectivity index (χ2n) is 5.90. The molecule has 8 nitrogen and oxygen atoms in total. The van der Waals surface area contributed by atoms with Crippen molar-refractivity contribution in [1.82, 2.24) is 0 Å². The van der Waals surface area contributed by atoms with E-state index >= 15 is 0 Å². The molecule has 0 saturated carbocycles. The second-order valence-corrected chi connectivity index (χ2v) is 5.90. The van der Waals surface area contributed by atoms with E-state index < -0.39 is 11.9 Å². The van der Waals surface area contributed by atoms with Gasteiger partial charge in [-0.15, -0.1) is 0 Å². The van der Waals surface area contributed by atoms with Crippen LogP contribution in [0, 0.1) is 0 Å². The molecule has 1 fully saturated rings. The summed E-state index contributed by atoms with van der Waals surface area (Å²) in [6, 6.07) is 19.9. The molecule has 2 aromatic carbocycles. The van der Waals surface area contributed by atoms with Gasteiger partial charge in [-0.3, -0.25) is 0 Å². The maximum atomic E-state index is 9.04. The highest BCUT2D eigenvalue weighted by molar-refractivity contribution is 6.26. The molecule has 28 heavy (non-hydrogen) atoms. The van der Waals surface area contributed by atoms with E-state index in [9.17, 15) is 0 Å². The lowest BCUT2D eigenvalue weighted by Crippen LogP contribution is -2.87. The molecule has 1 aliphatic heterocycles. The molecule has 3 rings (SSSR count). The van der Waals surface area contributed by atoms with Crippen LogP contribution >= 0.6 is 0 Å². The fourth-order valence-corrected chi connectivity index (χ4v) is 2.44. The van der Waals surface area contributed by atoms with Crippen molar-refractivity contribution in [3.05, 3.63) is 66.2 Å². The number of hydrogen-bond acceptors (Lipinski definition) is 6. The molecule has 150 valence electrons. The Morgan fingerprint density at radius 1 is 1.11 bits per heavy atom. The Morgan fingerprint density at radius 2 is 1.71 bits per heavy atom. The first-order valence-electron chi connectivity index (χ1n) is 8.82. The van der Waals surface area contributed by atoms with Gasteiger partial charge in [0.1, 0.15) is 31.5 Å². The molecule has 0 aromatic heterocycles.